The van der Waals surface area contributed by atoms with Gasteiger partial charge in [-0.2, -0.15) is 0 Å². The molecule has 0 saturated carbocycles. The van der Waals surface area contributed by atoms with Crippen molar-refractivity contribution in [1.82, 2.24) is 9.55 Å². The van der Waals surface area contributed by atoms with Crippen LogP contribution in [-0.2, 0) is 6.61 Å². The topological polar surface area (TPSA) is 53.1 Å². The molecule has 0 aliphatic rings. The number of hydrogen-bond donors (Lipinski definition) is 1. The number of hydrogen-bond acceptors (Lipinski definition) is 3. The first-order valence-electron chi connectivity index (χ1n) is 6.09. The van der Waals surface area contributed by atoms with Crippen molar-refractivity contribution >= 4 is 5.95 Å². The predicted octanol–water partition coefficient (Wildman–Crippen LogP) is 2.93. The van der Waals surface area contributed by atoms with Gasteiger partial charge < -0.3 is 15.0 Å². The van der Waals surface area contributed by atoms with Gasteiger partial charge in [-0.1, -0.05) is 18.2 Å². The largest absolute Gasteiger partial charge is 0.487 e. The van der Waals surface area contributed by atoms with Crippen LogP contribution < -0.4 is 10.5 Å². The Morgan fingerprint density at radius 2 is 2.06 bits per heavy atom. The number of benzene rings is 1. The molecule has 0 amide bonds. The van der Waals surface area contributed by atoms with Crippen molar-refractivity contribution < 1.29 is 4.74 Å². The highest BCUT2D eigenvalue weighted by Crippen LogP contribution is 2.19. The number of aryl methyl sites for hydroxylation is 1. The fourth-order valence-corrected chi connectivity index (χ4v) is 1.81. The standard InChI is InChI=1S/C14H19N3O/c1-10(2)17-8-12(16-14(17)15)9-18-13-7-5-4-6-11(13)3/h4-8,10H,9H2,1-3H3,(H2,15,16). The molecular weight excluding hydrogens is 226 g/mol. The summed E-state index contributed by atoms with van der Waals surface area (Å²) in [6.07, 6.45) is 1.94. The Balaban J connectivity index is 2.07. The molecule has 2 rings (SSSR count). The van der Waals surface area contributed by atoms with E-state index in [1.54, 1.807) is 0 Å². The van der Waals surface area contributed by atoms with Gasteiger partial charge in [-0.3, -0.25) is 0 Å². The van der Waals surface area contributed by atoms with Crippen LogP contribution in [-0.4, -0.2) is 9.55 Å². The highest BCUT2D eigenvalue weighted by Gasteiger charge is 2.08. The molecule has 1 aromatic heterocycles. The normalized spacial score (nSPS) is 10.9. The van der Waals surface area contributed by atoms with Crippen molar-refractivity contribution in [2.24, 2.45) is 0 Å². The van der Waals surface area contributed by atoms with E-state index in [2.05, 4.69) is 18.8 Å². The minimum absolute atomic E-state index is 0.310. The number of ether oxygens (including phenoxy) is 1. The zero-order valence-electron chi connectivity index (χ0n) is 11.1. The molecule has 0 fully saturated rings. The maximum absolute atomic E-state index is 5.84. The first kappa shape index (κ1) is 12.5. The molecule has 0 unspecified atom stereocenters. The zero-order valence-corrected chi connectivity index (χ0v) is 11.1. The Morgan fingerprint density at radius 1 is 1.33 bits per heavy atom. The van der Waals surface area contributed by atoms with E-state index >= 15 is 0 Å². The number of anilines is 1. The van der Waals surface area contributed by atoms with Crippen LogP contribution in [0.5, 0.6) is 5.75 Å². The van der Waals surface area contributed by atoms with Crippen molar-refractivity contribution in [1.29, 1.82) is 0 Å². The summed E-state index contributed by atoms with van der Waals surface area (Å²) >= 11 is 0. The van der Waals surface area contributed by atoms with Gasteiger partial charge in [0.15, 0.2) is 0 Å². The summed E-state index contributed by atoms with van der Waals surface area (Å²) in [6, 6.07) is 8.25. The van der Waals surface area contributed by atoms with Crippen LogP contribution in [0, 0.1) is 6.92 Å². The second-order valence-corrected chi connectivity index (χ2v) is 4.65. The second kappa shape index (κ2) is 5.12. The number of para-hydroxylation sites is 1. The molecule has 2 aromatic rings. The van der Waals surface area contributed by atoms with Crippen molar-refractivity contribution in [2.75, 3.05) is 5.73 Å². The molecule has 0 aliphatic carbocycles. The molecule has 1 aromatic carbocycles. The smallest absolute Gasteiger partial charge is 0.200 e. The van der Waals surface area contributed by atoms with Crippen LogP contribution in [0.25, 0.3) is 0 Å². The lowest BCUT2D eigenvalue weighted by atomic mass is 10.2. The Labute approximate surface area is 107 Å². The molecule has 4 nitrogen and oxygen atoms in total. The van der Waals surface area contributed by atoms with Crippen LogP contribution >= 0.6 is 0 Å². The predicted molar refractivity (Wildman–Crippen MR) is 72.5 cm³/mol. The van der Waals surface area contributed by atoms with Gasteiger partial charge in [0.05, 0.1) is 5.69 Å². The van der Waals surface area contributed by atoms with Crippen LogP contribution in [0.3, 0.4) is 0 Å². The maximum Gasteiger partial charge on any atom is 0.200 e. The Bertz CT molecular complexity index is 532. The van der Waals surface area contributed by atoms with E-state index in [4.69, 9.17) is 10.5 Å². The quantitative estimate of drug-likeness (QED) is 0.901. The van der Waals surface area contributed by atoms with Crippen LogP contribution in [0.4, 0.5) is 5.95 Å². The van der Waals surface area contributed by atoms with Gasteiger partial charge in [0.1, 0.15) is 12.4 Å². The minimum atomic E-state index is 0.310. The summed E-state index contributed by atoms with van der Waals surface area (Å²) in [7, 11) is 0. The molecule has 2 N–H and O–H groups in total. The first-order chi connectivity index (χ1) is 8.58. The number of rotatable bonds is 4. The summed E-state index contributed by atoms with van der Waals surface area (Å²) < 4.78 is 7.68. The van der Waals surface area contributed by atoms with E-state index < -0.39 is 0 Å². The van der Waals surface area contributed by atoms with Gasteiger partial charge in [-0.05, 0) is 32.4 Å². The van der Waals surface area contributed by atoms with E-state index in [1.807, 2.05) is 42.0 Å². The third kappa shape index (κ3) is 2.64. The molecule has 0 saturated heterocycles. The monoisotopic (exact) mass is 245 g/mol. The van der Waals surface area contributed by atoms with E-state index in [-0.39, 0.29) is 0 Å². The van der Waals surface area contributed by atoms with Gasteiger partial charge >= 0.3 is 0 Å². The number of nitrogen functional groups attached to an aromatic ring is 1. The molecule has 4 heteroatoms. The van der Waals surface area contributed by atoms with Crippen molar-refractivity contribution in [2.45, 2.75) is 33.4 Å². The van der Waals surface area contributed by atoms with Gasteiger partial charge in [0.2, 0.25) is 5.95 Å². The first-order valence-corrected chi connectivity index (χ1v) is 6.09. The minimum Gasteiger partial charge on any atom is -0.487 e. The van der Waals surface area contributed by atoms with Crippen molar-refractivity contribution in [3.05, 3.63) is 41.7 Å². The van der Waals surface area contributed by atoms with E-state index in [0.717, 1.165) is 17.0 Å². The molecule has 0 spiro atoms. The molecular formula is C14H19N3O. The Kier molecular flexibility index (Phi) is 3.55. The zero-order chi connectivity index (χ0) is 13.1. The van der Waals surface area contributed by atoms with E-state index in [0.29, 0.717) is 18.6 Å². The average molecular weight is 245 g/mol. The number of nitrogens with two attached hydrogens (primary N) is 1. The molecule has 0 radical (unpaired) electrons. The van der Waals surface area contributed by atoms with Gasteiger partial charge in [-0.25, -0.2) is 4.98 Å². The Hall–Kier alpha value is -1.97. The van der Waals surface area contributed by atoms with Crippen LogP contribution in [0.1, 0.15) is 31.1 Å². The maximum atomic E-state index is 5.84. The van der Waals surface area contributed by atoms with Gasteiger partial charge in [-0.15, -0.1) is 0 Å². The summed E-state index contributed by atoms with van der Waals surface area (Å²) in [4.78, 5) is 4.29. The second-order valence-electron chi connectivity index (χ2n) is 4.65. The summed E-state index contributed by atoms with van der Waals surface area (Å²) in [5, 5.41) is 0. The molecule has 1 heterocycles. The van der Waals surface area contributed by atoms with Crippen molar-refractivity contribution in [3.8, 4) is 5.75 Å². The fourth-order valence-electron chi connectivity index (χ4n) is 1.81. The Morgan fingerprint density at radius 3 is 2.67 bits per heavy atom. The van der Waals surface area contributed by atoms with Crippen LogP contribution in [0.2, 0.25) is 0 Å². The number of imidazole rings is 1. The lowest BCUT2D eigenvalue weighted by Crippen LogP contribution is -2.03. The molecule has 0 bridgehead atoms. The molecule has 96 valence electrons. The lowest BCUT2D eigenvalue weighted by molar-refractivity contribution is 0.299. The molecule has 0 aliphatic heterocycles. The summed E-state index contributed by atoms with van der Waals surface area (Å²) in [5.74, 6) is 1.42. The van der Waals surface area contributed by atoms with Crippen LogP contribution in [0.15, 0.2) is 30.5 Å². The SMILES string of the molecule is Cc1ccccc1OCc1cn(C(C)C)c(N)n1. The third-order valence-electron chi connectivity index (χ3n) is 2.84. The number of aromatic nitrogens is 2. The number of nitrogens with zero attached hydrogens (tertiary/aromatic N) is 2. The molecule has 18 heavy (non-hydrogen) atoms. The summed E-state index contributed by atoms with van der Waals surface area (Å²) in [5.41, 5.74) is 7.81. The fraction of sp³-hybridized carbons (Fsp3) is 0.357. The lowest BCUT2D eigenvalue weighted by Gasteiger charge is -2.07. The van der Waals surface area contributed by atoms with E-state index in [1.165, 1.54) is 0 Å². The molecule has 0 atom stereocenters. The highest BCUT2D eigenvalue weighted by atomic mass is 16.5. The summed E-state index contributed by atoms with van der Waals surface area (Å²) in [6.45, 7) is 6.61. The average Bonchev–Trinajstić information content (AvgIpc) is 2.70. The van der Waals surface area contributed by atoms with Gasteiger partial charge in [0, 0.05) is 12.2 Å². The van der Waals surface area contributed by atoms with Gasteiger partial charge in [0.25, 0.3) is 0 Å². The third-order valence-corrected chi connectivity index (χ3v) is 2.84. The van der Waals surface area contributed by atoms with E-state index in [9.17, 15) is 0 Å². The van der Waals surface area contributed by atoms with Crippen molar-refractivity contribution in [3.63, 3.8) is 0 Å². The highest BCUT2D eigenvalue weighted by molar-refractivity contribution is 5.32.